The Kier molecular flexibility index (Phi) is 3.22. The fourth-order valence-electron chi connectivity index (χ4n) is 2.87. The number of guanidine groups is 1. The maximum Gasteiger partial charge on any atom is 0.194 e. The van der Waals surface area contributed by atoms with E-state index in [1.165, 1.54) is 24.8 Å². The Hall–Kier alpha value is -1.51. The highest BCUT2D eigenvalue weighted by Crippen LogP contribution is 2.22. The van der Waals surface area contributed by atoms with Crippen LogP contribution in [0.2, 0.25) is 0 Å². The molecule has 0 amide bonds. The van der Waals surface area contributed by atoms with Gasteiger partial charge < -0.3 is 10.2 Å². The summed E-state index contributed by atoms with van der Waals surface area (Å²) in [5.41, 5.74) is 4.48. The Balaban J connectivity index is 1.63. The standard InChI is InChI=1S/C15H21N3/c1-2-18-9-8-16-15(18)17-11-12-6-7-13-4-3-5-14(13)10-12/h6-7,10H,2-5,8-9,11H2,1H3,(H,16,17). The average molecular weight is 243 g/mol. The third-order valence-corrected chi connectivity index (χ3v) is 3.93. The van der Waals surface area contributed by atoms with Crippen molar-refractivity contribution in [3.8, 4) is 0 Å². The van der Waals surface area contributed by atoms with Gasteiger partial charge in [-0.15, -0.1) is 0 Å². The minimum atomic E-state index is 0.891. The summed E-state index contributed by atoms with van der Waals surface area (Å²) in [5.74, 6) is 1.07. The molecule has 0 aromatic heterocycles. The van der Waals surface area contributed by atoms with Crippen molar-refractivity contribution >= 4 is 5.96 Å². The second-order valence-corrected chi connectivity index (χ2v) is 5.10. The number of aliphatic imine (C=N–C) groups is 1. The number of fused-ring (bicyclic) bond motifs is 1. The fourth-order valence-corrected chi connectivity index (χ4v) is 2.87. The van der Waals surface area contributed by atoms with Gasteiger partial charge in [-0.1, -0.05) is 18.2 Å². The molecule has 0 saturated heterocycles. The molecule has 0 unspecified atom stereocenters. The Morgan fingerprint density at radius 3 is 3.06 bits per heavy atom. The lowest BCUT2D eigenvalue weighted by molar-refractivity contribution is 0.466. The number of hydrogen-bond donors (Lipinski definition) is 1. The van der Waals surface area contributed by atoms with E-state index in [-0.39, 0.29) is 0 Å². The third-order valence-electron chi connectivity index (χ3n) is 3.93. The second-order valence-electron chi connectivity index (χ2n) is 5.10. The van der Waals surface area contributed by atoms with Crippen LogP contribution in [0.25, 0.3) is 0 Å². The molecule has 1 heterocycles. The van der Waals surface area contributed by atoms with Crippen molar-refractivity contribution in [2.45, 2.75) is 32.7 Å². The minimum absolute atomic E-state index is 0.891. The molecule has 0 spiro atoms. The molecule has 2 aliphatic rings. The molecule has 0 saturated carbocycles. The highest BCUT2D eigenvalue weighted by atomic mass is 15.3. The Bertz CT molecular complexity index is 465. The molecular weight excluding hydrogens is 222 g/mol. The van der Waals surface area contributed by atoms with Crippen molar-refractivity contribution in [3.63, 3.8) is 0 Å². The number of nitrogens with one attached hydrogen (secondary N) is 1. The monoisotopic (exact) mass is 243 g/mol. The van der Waals surface area contributed by atoms with Crippen molar-refractivity contribution in [3.05, 3.63) is 34.9 Å². The van der Waals surface area contributed by atoms with Gasteiger partial charge in [0, 0.05) is 19.6 Å². The number of aryl methyl sites for hydroxylation is 2. The van der Waals surface area contributed by atoms with Crippen LogP contribution >= 0.6 is 0 Å². The zero-order valence-electron chi connectivity index (χ0n) is 11.1. The number of nitrogens with zero attached hydrogens (tertiary/aromatic N) is 2. The van der Waals surface area contributed by atoms with Crippen LogP contribution < -0.4 is 5.32 Å². The molecule has 1 aliphatic heterocycles. The highest BCUT2D eigenvalue weighted by molar-refractivity contribution is 5.81. The van der Waals surface area contributed by atoms with E-state index >= 15 is 0 Å². The summed E-state index contributed by atoms with van der Waals surface area (Å²) >= 11 is 0. The van der Waals surface area contributed by atoms with Crippen molar-refractivity contribution in [2.24, 2.45) is 4.99 Å². The summed E-state index contributed by atoms with van der Waals surface area (Å²) in [6.45, 7) is 6.10. The normalized spacial score (nSPS) is 17.8. The van der Waals surface area contributed by atoms with E-state index in [2.05, 4.69) is 40.3 Å². The van der Waals surface area contributed by atoms with Crippen molar-refractivity contribution in [1.82, 2.24) is 10.2 Å². The van der Waals surface area contributed by atoms with Crippen LogP contribution in [0.5, 0.6) is 0 Å². The summed E-state index contributed by atoms with van der Waals surface area (Å²) in [6, 6.07) is 6.91. The van der Waals surface area contributed by atoms with Crippen LogP contribution in [0.15, 0.2) is 23.2 Å². The predicted octanol–water partition coefficient (Wildman–Crippen LogP) is 1.96. The summed E-state index contributed by atoms with van der Waals surface area (Å²) in [5, 5.41) is 3.47. The van der Waals surface area contributed by atoms with Crippen LogP contribution in [-0.2, 0) is 19.4 Å². The molecule has 3 rings (SSSR count). The van der Waals surface area contributed by atoms with Gasteiger partial charge in [0.1, 0.15) is 0 Å². The third kappa shape index (κ3) is 2.22. The molecule has 0 radical (unpaired) electrons. The molecule has 1 aromatic carbocycles. The summed E-state index contributed by atoms with van der Waals surface area (Å²) in [7, 11) is 0. The molecule has 3 nitrogen and oxygen atoms in total. The Labute approximate surface area is 109 Å². The number of benzene rings is 1. The van der Waals surface area contributed by atoms with Crippen molar-refractivity contribution in [2.75, 3.05) is 19.6 Å². The average Bonchev–Trinajstić information content (AvgIpc) is 3.04. The Morgan fingerprint density at radius 1 is 1.28 bits per heavy atom. The largest absolute Gasteiger partial charge is 0.352 e. The molecule has 3 heteroatoms. The lowest BCUT2D eigenvalue weighted by atomic mass is 10.1. The SMILES string of the molecule is CCN1CCN=C1NCc1ccc2c(c1)CCC2. The first-order chi connectivity index (χ1) is 8.86. The van der Waals surface area contributed by atoms with Gasteiger partial charge in [-0.2, -0.15) is 0 Å². The lowest BCUT2D eigenvalue weighted by Gasteiger charge is -2.19. The quantitative estimate of drug-likeness (QED) is 0.879. The van der Waals surface area contributed by atoms with Crippen LogP contribution in [0.3, 0.4) is 0 Å². The first-order valence-corrected chi connectivity index (χ1v) is 7.01. The van der Waals surface area contributed by atoms with E-state index in [0.29, 0.717) is 0 Å². The minimum Gasteiger partial charge on any atom is -0.352 e. The van der Waals surface area contributed by atoms with Gasteiger partial charge in [0.25, 0.3) is 0 Å². The van der Waals surface area contributed by atoms with E-state index in [4.69, 9.17) is 0 Å². The van der Waals surface area contributed by atoms with E-state index in [1.54, 1.807) is 11.1 Å². The summed E-state index contributed by atoms with van der Waals surface area (Å²) < 4.78 is 0. The van der Waals surface area contributed by atoms with Crippen LogP contribution in [-0.4, -0.2) is 30.5 Å². The predicted molar refractivity (Wildman–Crippen MR) is 74.9 cm³/mol. The van der Waals surface area contributed by atoms with Crippen LogP contribution in [0.1, 0.15) is 30.0 Å². The van der Waals surface area contributed by atoms with Gasteiger partial charge in [-0.3, -0.25) is 4.99 Å². The van der Waals surface area contributed by atoms with Gasteiger partial charge in [0.05, 0.1) is 6.54 Å². The summed E-state index contributed by atoms with van der Waals surface area (Å²) in [6.07, 6.45) is 3.84. The van der Waals surface area contributed by atoms with E-state index in [1.807, 2.05) is 0 Å². The molecule has 1 aliphatic carbocycles. The van der Waals surface area contributed by atoms with Gasteiger partial charge in [0.2, 0.25) is 0 Å². The smallest absolute Gasteiger partial charge is 0.194 e. The molecule has 0 fully saturated rings. The number of hydrogen-bond acceptors (Lipinski definition) is 3. The van der Waals surface area contributed by atoms with Gasteiger partial charge in [-0.25, -0.2) is 0 Å². The molecule has 18 heavy (non-hydrogen) atoms. The van der Waals surface area contributed by atoms with Crippen molar-refractivity contribution < 1.29 is 0 Å². The van der Waals surface area contributed by atoms with Crippen molar-refractivity contribution in [1.29, 1.82) is 0 Å². The molecule has 0 bridgehead atoms. The van der Waals surface area contributed by atoms with E-state index < -0.39 is 0 Å². The maximum absolute atomic E-state index is 4.51. The molecule has 1 N–H and O–H groups in total. The molecule has 1 aromatic rings. The zero-order valence-corrected chi connectivity index (χ0v) is 11.1. The first-order valence-electron chi connectivity index (χ1n) is 7.01. The zero-order chi connectivity index (χ0) is 12.4. The summed E-state index contributed by atoms with van der Waals surface area (Å²) in [4.78, 5) is 6.81. The topological polar surface area (TPSA) is 27.6 Å². The van der Waals surface area contributed by atoms with Crippen LogP contribution in [0.4, 0.5) is 0 Å². The van der Waals surface area contributed by atoms with Gasteiger partial charge in [0.15, 0.2) is 5.96 Å². The van der Waals surface area contributed by atoms with Gasteiger partial charge in [-0.05, 0) is 42.9 Å². The second kappa shape index (κ2) is 5.01. The van der Waals surface area contributed by atoms with Gasteiger partial charge >= 0.3 is 0 Å². The van der Waals surface area contributed by atoms with Crippen LogP contribution in [0, 0.1) is 0 Å². The first kappa shape index (κ1) is 11.6. The molecular formula is C15H21N3. The lowest BCUT2D eigenvalue weighted by Crippen LogP contribution is -2.37. The van der Waals surface area contributed by atoms with E-state index in [9.17, 15) is 0 Å². The van der Waals surface area contributed by atoms with E-state index in [0.717, 1.165) is 32.1 Å². The maximum atomic E-state index is 4.51. The highest BCUT2D eigenvalue weighted by Gasteiger charge is 2.15. The number of rotatable bonds is 3. The molecule has 0 atom stereocenters. The fraction of sp³-hybridized carbons (Fsp3) is 0.533. The Morgan fingerprint density at radius 2 is 2.17 bits per heavy atom. The number of likely N-dealkylation sites (N-methyl/N-ethyl adjacent to an activating group) is 1. The molecule has 96 valence electrons.